The molecule has 1 fully saturated rings. The maximum Gasteiger partial charge on any atom is 0.342 e. The number of benzene rings is 1. The van der Waals surface area contributed by atoms with Crippen LogP contribution >= 0.6 is 0 Å². The number of likely N-dealkylation sites (tertiary alicyclic amines) is 1. The number of nitrogens with one attached hydrogen (secondary N) is 1. The lowest BCUT2D eigenvalue weighted by atomic mass is 9.94. The van der Waals surface area contributed by atoms with Gasteiger partial charge in [-0.05, 0) is 51.8 Å². The minimum atomic E-state index is -0.343. The number of piperidine rings is 1. The average molecular weight is 401 g/mol. The summed E-state index contributed by atoms with van der Waals surface area (Å²) in [6.07, 6.45) is 1.62. The number of para-hydroxylation sites is 1. The SMILES string of the molecule is CCOC(=O)c1c(CN2CCC(C(=O)NC(C)C(C)C)CC2)oc2ccccc12. The number of hydrogen-bond acceptors (Lipinski definition) is 5. The molecular weight excluding hydrogens is 368 g/mol. The van der Waals surface area contributed by atoms with E-state index in [9.17, 15) is 9.59 Å². The number of carbonyl (C=O) groups is 2. The molecular formula is C23H32N2O4. The Morgan fingerprint density at radius 2 is 1.90 bits per heavy atom. The van der Waals surface area contributed by atoms with Gasteiger partial charge in [0.25, 0.3) is 0 Å². The lowest BCUT2D eigenvalue weighted by Crippen LogP contribution is -2.44. The maximum atomic E-state index is 12.5. The molecule has 6 nitrogen and oxygen atoms in total. The Balaban J connectivity index is 1.66. The molecule has 1 saturated heterocycles. The van der Waals surface area contributed by atoms with E-state index >= 15 is 0 Å². The van der Waals surface area contributed by atoms with E-state index in [0.717, 1.165) is 31.3 Å². The molecule has 1 unspecified atom stereocenters. The van der Waals surface area contributed by atoms with Crippen LogP contribution in [0.5, 0.6) is 0 Å². The van der Waals surface area contributed by atoms with Gasteiger partial charge in [0.1, 0.15) is 16.9 Å². The van der Waals surface area contributed by atoms with Gasteiger partial charge >= 0.3 is 5.97 Å². The van der Waals surface area contributed by atoms with Crippen LogP contribution in [0.3, 0.4) is 0 Å². The summed E-state index contributed by atoms with van der Waals surface area (Å²) in [7, 11) is 0. The van der Waals surface area contributed by atoms with Crippen molar-refractivity contribution >= 4 is 22.8 Å². The van der Waals surface area contributed by atoms with Crippen molar-refractivity contribution < 1.29 is 18.7 Å². The zero-order valence-electron chi connectivity index (χ0n) is 17.9. The Kier molecular flexibility index (Phi) is 6.96. The van der Waals surface area contributed by atoms with E-state index in [4.69, 9.17) is 9.15 Å². The molecule has 3 rings (SSSR count). The van der Waals surface area contributed by atoms with Crippen LogP contribution in [0.25, 0.3) is 11.0 Å². The van der Waals surface area contributed by atoms with Crippen LogP contribution in [0.4, 0.5) is 0 Å². The fraction of sp³-hybridized carbons (Fsp3) is 0.565. The van der Waals surface area contributed by atoms with Gasteiger partial charge in [0.05, 0.1) is 13.2 Å². The highest BCUT2D eigenvalue weighted by molar-refractivity contribution is 6.04. The highest BCUT2D eigenvalue weighted by atomic mass is 16.5. The van der Waals surface area contributed by atoms with Crippen molar-refractivity contribution in [1.29, 1.82) is 0 Å². The minimum Gasteiger partial charge on any atom is -0.462 e. The third kappa shape index (κ3) is 4.99. The Hall–Kier alpha value is -2.34. The van der Waals surface area contributed by atoms with E-state index in [1.807, 2.05) is 24.3 Å². The zero-order valence-corrected chi connectivity index (χ0v) is 17.9. The molecule has 1 aromatic heterocycles. The van der Waals surface area contributed by atoms with Gasteiger partial charge in [-0.2, -0.15) is 0 Å². The molecule has 1 aliphatic heterocycles. The Morgan fingerprint density at radius 3 is 2.55 bits per heavy atom. The molecule has 1 atom stereocenters. The van der Waals surface area contributed by atoms with Crippen LogP contribution in [-0.4, -0.2) is 42.5 Å². The summed E-state index contributed by atoms with van der Waals surface area (Å²) in [5, 5.41) is 3.92. The molecule has 29 heavy (non-hydrogen) atoms. The van der Waals surface area contributed by atoms with Crippen LogP contribution in [0.1, 0.15) is 56.7 Å². The summed E-state index contributed by atoms with van der Waals surface area (Å²) in [5.74, 6) is 0.924. The fourth-order valence-electron chi connectivity index (χ4n) is 3.70. The third-order valence-corrected chi connectivity index (χ3v) is 5.84. The highest BCUT2D eigenvalue weighted by Gasteiger charge is 2.29. The van der Waals surface area contributed by atoms with E-state index in [0.29, 0.717) is 36.0 Å². The van der Waals surface area contributed by atoms with Crippen molar-refractivity contribution in [2.75, 3.05) is 19.7 Å². The van der Waals surface area contributed by atoms with E-state index in [1.54, 1.807) is 6.92 Å². The largest absolute Gasteiger partial charge is 0.462 e. The van der Waals surface area contributed by atoms with Crippen molar-refractivity contribution in [1.82, 2.24) is 10.2 Å². The van der Waals surface area contributed by atoms with E-state index in [2.05, 4.69) is 31.0 Å². The van der Waals surface area contributed by atoms with Crippen molar-refractivity contribution in [3.05, 3.63) is 35.6 Å². The quantitative estimate of drug-likeness (QED) is 0.712. The number of amides is 1. The second kappa shape index (κ2) is 9.44. The van der Waals surface area contributed by atoms with Gasteiger partial charge in [0.2, 0.25) is 5.91 Å². The van der Waals surface area contributed by atoms with Gasteiger partial charge in [-0.1, -0.05) is 32.0 Å². The molecule has 0 aliphatic carbocycles. The first-order valence-corrected chi connectivity index (χ1v) is 10.6. The number of ether oxygens (including phenoxy) is 1. The first-order chi connectivity index (χ1) is 13.9. The Morgan fingerprint density at radius 1 is 1.21 bits per heavy atom. The maximum absolute atomic E-state index is 12.5. The van der Waals surface area contributed by atoms with Crippen molar-refractivity contribution in [3.63, 3.8) is 0 Å². The third-order valence-electron chi connectivity index (χ3n) is 5.84. The summed E-state index contributed by atoms with van der Waals surface area (Å²) in [6.45, 7) is 10.5. The zero-order chi connectivity index (χ0) is 21.0. The number of hydrogen-bond donors (Lipinski definition) is 1. The van der Waals surface area contributed by atoms with E-state index < -0.39 is 0 Å². The molecule has 6 heteroatoms. The number of esters is 1. The minimum absolute atomic E-state index is 0.0488. The molecule has 1 amide bonds. The molecule has 0 radical (unpaired) electrons. The van der Waals surface area contributed by atoms with Crippen molar-refractivity contribution in [2.45, 2.75) is 53.1 Å². The first kappa shape index (κ1) is 21.4. The number of carbonyl (C=O) groups excluding carboxylic acids is 2. The number of fused-ring (bicyclic) bond motifs is 1. The topological polar surface area (TPSA) is 71.8 Å². The van der Waals surface area contributed by atoms with E-state index in [1.165, 1.54) is 0 Å². The molecule has 0 bridgehead atoms. The summed E-state index contributed by atoms with van der Waals surface area (Å²) >= 11 is 0. The highest BCUT2D eigenvalue weighted by Crippen LogP contribution is 2.29. The molecule has 2 heterocycles. The summed E-state index contributed by atoms with van der Waals surface area (Å²) in [6, 6.07) is 7.73. The van der Waals surface area contributed by atoms with Gasteiger partial charge in [-0.15, -0.1) is 0 Å². The molecule has 1 aliphatic rings. The Labute approximate surface area is 172 Å². The summed E-state index contributed by atoms with van der Waals surface area (Å²) in [4.78, 5) is 27.3. The predicted octanol–water partition coefficient (Wildman–Crippen LogP) is 3.98. The van der Waals surface area contributed by atoms with Crippen LogP contribution in [0.2, 0.25) is 0 Å². The molecule has 0 saturated carbocycles. The predicted molar refractivity (Wildman–Crippen MR) is 113 cm³/mol. The average Bonchev–Trinajstić information content (AvgIpc) is 3.06. The van der Waals surface area contributed by atoms with Crippen molar-refractivity contribution in [2.24, 2.45) is 11.8 Å². The normalized spacial score (nSPS) is 16.9. The lowest BCUT2D eigenvalue weighted by Gasteiger charge is -2.31. The smallest absolute Gasteiger partial charge is 0.342 e. The monoisotopic (exact) mass is 400 g/mol. The van der Waals surface area contributed by atoms with E-state index in [-0.39, 0.29) is 23.8 Å². The number of furan rings is 1. The molecule has 1 N–H and O–H groups in total. The number of nitrogens with zero attached hydrogens (tertiary/aromatic N) is 1. The van der Waals surface area contributed by atoms with Crippen LogP contribution < -0.4 is 5.32 Å². The van der Waals surface area contributed by atoms with Crippen molar-refractivity contribution in [3.8, 4) is 0 Å². The van der Waals surface area contributed by atoms with Crippen LogP contribution in [0.15, 0.2) is 28.7 Å². The summed E-state index contributed by atoms with van der Waals surface area (Å²) in [5.41, 5.74) is 1.22. The standard InChI is InChI=1S/C23H32N2O4/c1-5-28-23(27)21-18-8-6-7-9-19(18)29-20(21)14-25-12-10-17(11-13-25)22(26)24-16(4)15(2)3/h6-9,15-17H,5,10-14H2,1-4H3,(H,24,26). The van der Waals surface area contributed by atoms with Gasteiger partial charge in [0, 0.05) is 17.3 Å². The van der Waals surface area contributed by atoms with Gasteiger partial charge < -0.3 is 14.5 Å². The van der Waals surface area contributed by atoms with Gasteiger partial charge in [-0.3, -0.25) is 9.69 Å². The van der Waals surface area contributed by atoms with Crippen LogP contribution in [-0.2, 0) is 16.1 Å². The first-order valence-electron chi connectivity index (χ1n) is 10.6. The second-order valence-corrected chi connectivity index (χ2v) is 8.21. The van der Waals surface area contributed by atoms with Gasteiger partial charge in [-0.25, -0.2) is 4.79 Å². The lowest BCUT2D eigenvalue weighted by molar-refractivity contribution is -0.127. The fourth-order valence-corrected chi connectivity index (χ4v) is 3.70. The molecule has 158 valence electrons. The molecule has 0 spiro atoms. The van der Waals surface area contributed by atoms with Crippen LogP contribution in [0, 0.1) is 11.8 Å². The molecule has 2 aromatic rings. The van der Waals surface area contributed by atoms with Gasteiger partial charge in [0.15, 0.2) is 0 Å². The molecule has 1 aromatic carbocycles. The number of rotatable bonds is 7. The Bertz CT molecular complexity index is 850. The summed E-state index contributed by atoms with van der Waals surface area (Å²) < 4.78 is 11.3. The second-order valence-electron chi connectivity index (χ2n) is 8.21.